The lowest BCUT2D eigenvalue weighted by atomic mass is 10.3. The summed E-state index contributed by atoms with van der Waals surface area (Å²) < 4.78 is 21.7. The van der Waals surface area contributed by atoms with Crippen LogP contribution in [0.25, 0.3) is 10.2 Å². The van der Waals surface area contributed by atoms with E-state index in [1.165, 1.54) is 11.2 Å². The Kier molecular flexibility index (Phi) is 3.79. The van der Waals surface area contributed by atoms with Gasteiger partial charge in [-0.15, -0.1) is 11.3 Å². The Hall–Kier alpha value is -1.25. The van der Waals surface area contributed by atoms with Crippen molar-refractivity contribution >= 4 is 37.4 Å². The van der Waals surface area contributed by atoms with Crippen LogP contribution in [0.15, 0.2) is 12.4 Å². The van der Waals surface area contributed by atoms with E-state index in [0.717, 1.165) is 16.6 Å². The Bertz CT molecular complexity index is 651. The SMILES string of the molecule is CCc1cc2c(NCCS(N)(=O)=O)ncnc2s1. The van der Waals surface area contributed by atoms with E-state index in [9.17, 15) is 8.42 Å². The van der Waals surface area contributed by atoms with E-state index in [1.807, 2.05) is 6.07 Å². The van der Waals surface area contributed by atoms with E-state index in [-0.39, 0.29) is 12.3 Å². The zero-order valence-electron chi connectivity index (χ0n) is 9.88. The highest BCUT2D eigenvalue weighted by molar-refractivity contribution is 7.89. The lowest BCUT2D eigenvalue weighted by molar-refractivity contribution is 0.598. The van der Waals surface area contributed by atoms with Gasteiger partial charge in [-0.05, 0) is 12.5 Å². The Morgan fingerprint density at radius 1 is 1.44 bits per heavy atom. The summed E-state index contributed by atoms with van der Waals surface area (Å²) in [5.41, 5.74) is 0. The fraction of sp³-hybridized carbons (Fsp3) is 0.400. The Labute approximate surface area is 109 Å². The van der Waals surface area contributed by atoms with Crippen molar-refractivity contribution in [3.8, 4) is 0 Å². The van der Waals surface area contributed by atoms with E-state index in [1.54, 1.807) is 11.3 Å². The molecule has 0 aliphatic heterocycles. The summed E-state index contributed by atoms with van der Waals surface area (Å²) >= 11 is 1.62. The molecule has 98 valence electrons. The van der Waals surface area contributed by atoms with E-state index in [4.69, 9.17) is 5.14 Å². The second kappa shape index (κ2) is 5.17. The molecule has 2 aromatic heterocycles. The molecule has 3 N–H and O–H groups in total. The van der Waals surface area contributed by atoms with Crippen LogP contribution in [0, 0.1) is 0 Å². The van der Waals surface area contributed by atoms with Gasteiger partial charge >= 0.3 is 0 Å². The van der Waals surface area contributed by atoms with Gasteiger partial charge in [0.25, 0.3) is 0 Å². The van der Waals surface area contributed by atoms with E-state index < -0.39 is 10.0 Å². The first kappa shape index (κ1) is 13.2. The maximum absolute atomic E-state index is 10.8. The van der Waals surface area contributed by atoms with E-state index in [2.05, 4.69) is 22.2 Å². The molecule has 6 nitrogen and oxygen atoms in total. The normalized spacial score (nSPS) is 11.9. The summed E-state index contributed by atoms with van der Waals surface area (Å²) in [5.74, 6) is 0.531. The molecule has 0 atom stereocenters. The third kappa shape index (κ3) is 3.15. The summed E-state index contributed by atoms with van der Waals surface area (Å²) in [6.45, 7) is 2.31. The summed E-state index contributed by atoms with van der Waals surface area (Å²) in [7, 11) is -3.45. The quantitative estimate of drug-likeness (QED) is 0.853. The number of hydrogen-bond donors (Lipinski definition) is 2. The number of anilines is 1. The van der Waals surface area contributed by atoms with Crippen LogP contribution in [0.3, 0.4) is 0 Å². The van der Waals surface area contributed by atoms with Crippen molar-refractivity contribution in [2.45, 2.75) is 13.3 Å². The van der Waals surface area contributed by atoms with Gasteiger partial charge < -0.3 is 5.32 Å². The molecule has 0 saturated heterocycles. The highest BCUT2D eigenvalue weighted by Gasteiger charge is 2.08. The zero-order valence-corrected chi connectivity index (χ0v) is 11.5. The highest BCUT2D eigenvalue weighted by atomic mass is 32.2. The molecule has 0 aromatic carbocycles. The van der Waals surface area contributed by atoms with Gasteiger partial charge in [0.1, 0.15) is 17.0 Å². The first-order valence-electron chi connectivity index (χ1n) is 5.47. The van der Waals surface area contributed by atoms with E-state index in [0.29, 0.717) is 5.82 Å². The maximum atomic E-state index is 10.8. The Morgan fingerprint density at radius 2 is 2.22 bits per heavy atom. The molecule has 0 aliphatic rings. The Balaban J connectivity index is 2.20. The van der Waals surface area contributed by atoms with Crippen molar-refractivity contribution in [3.05, 3.63) is 17.3 Å². The number of fused-ring (bicyclic) bond motifs is 1. The van der Waals surface area contributed by atoms with Crippen LogP contribution in [0.4, 0.5) is 5.82 Å². The van der Waals surface area contributed by atoms with Gasteiger partial charge in [-0.2, -0.15) is 0 Å². The third-order valence-corrected chi connectivity index (χ3v) is 4.37. The van der Waals surface area contributed by atoms with Gasteiger partial charge in [-0.25, -0.2) is 23.5 Å². The van der Waals surface area contributed by atoms with Crippen molar-refractivity contribution in [1.29, 1.82) is 0 Å². The lowest BCUT2D eigenvalue weighted by Gasteiger charge is -2.04. The number of thiophene rings is 1. The van der Waals surface area contributed by atoms with Gasteiger partial charge in [0, 0.05) is 11.4 Å². The van der Waals surface area contributed by atoms with Gasteiger partial charge in [0.05, 0.1) is 11.1 Å². The number of primary sulfonamides is 1. The molecule has 18 heavy (non-hydrogen) atoms. The summed E-state index contributed by atoms with van der Waals surface area (Å²) in [4.78, 5) is 10.4. The predicted octanol–water partition coefficient (Wildman–Crippen LogP) is 0.954. The fourth-order valence-electron chi connectivity index (χ4n) is 1.53. The molecule has 2 aromatic rings. The minimum Gasteiger partial charge on any atom is -0.368 e. The summed E-state index contributed by atoms with van der Waals surface area (Å²) in [6, 6.07) is 2.03. The van der Waals surface area contributed by atoms with Gasteiger partial charge in [0.15, 0.2) is 0 Å². The average molecular weight is 286 g/mol. The number of sulfonamides is 1. The average Bonchev–Trinajstić information content (AvgIpc) is 2.71. The molecule has 0 spiro atoms. The predicted molar refractivity (Wildman–Crippen MR) is 73.3 cm³/mol. The number of aromatic nitrogens is 2. The number of nitrogens with zero attached hydrogens (tertiary/aromatic N) is 2. The number of aryl methyl sites for hydroxylation is 1. The van der Waals surface area contributed by atoms with Crippen molar-refractivity contribution < 1.29 is 8.42 Å². The molecule has 0 radical (unpaired) electrons. The first-order chi connectivity index (χ1) is 8.49. The topological polar surface area (TPSA) is 98.0 Å². The van der Waals surface area contributed by atoms with Crippen LogP contribution in [-0.4, -0.2) is 30.7 Å². The third-order valence-electron chi connectivity index (χ3n) is 2.41. The summed E-state index contributed by atoms with van der Waals surface area (Å²) in [5, 5.41) is 8.84. The number of nitrogens with two attached hydrogens (primary N) is 1. The van der Waals surface area contributed by atoms with Crippen LogP contribution in [0.5, 0.6) is 0 Å². The number of rotatable bonds is 5. The largest absolute Gasteiger partial charge is 0.368 e. The van der Waals surface area contributed by atoms with Gasteiger partial charge in [0.2, 0.25) is 10.0 Å². The summed E-state index contributed by atoms with van der Waals surface area (Å²) in [6.07, 6.45) is 2.41. The van der Waals surface area contributed by atoms with Crippen molar-refractivity contribution in [1.82, 2.24) is 9.97 Å². The molecule has 2 rings (SSSR count). The van der Waals surface area contributed by atoms with Crippen molar-refractivity contribution in [2.75, 3.05) is 17.6 Å². The maximum Gasteiger partial charge on any atom is 0.210 e. The smallest absolute Gasteiger partial charge is 0.210 e. The molecule has 0 fully saturated rings. The monoisotopic (exact) mass is 286 g/mol. The standard InChI is InChI=1S/C10H14N4O2S2/c1-2-7-5-8-9(12-3-4-18(11,15)16)13-6-14-10(8)17-7/h5-6H,2-4H2,1H3,(H2,11,15,16)(H,12,13,14). The first-order valence-corrected chi connectivity index (χ1v) is 8.00. The highest BCUT2D eigenvalue weighted by Crippen LogP contribution is 2.28. The lowest BCUT2D eigenvalue weighted by Crippen LogP contribution is -2.22. The molecular formula is C10H14N4O2S2. The molecule has 8 heteroatoms. The molecule has 0 aliphatic carbocycles. The van der Waals surface area contributed by atoms with Gasteiger partial charge in [-0.3, -0.25) is 0 Å². The van der Waals surface area contributed by atoms with E-state index >= 15 is 0 Å². The number of nitrogens with one attached hydrogen (secondary N) is 1. The van der Waals surface area contributed by atoms with Crippen LogP contribution < -0.4 is 10.5 Å². The van der Waals surface area contributed by atoms with Crippen molar-refractivity contribution in [2.24, 2.45) is 5.14 Å². The number of hydrogen-bond acceptors (Lipinski definition) is 6. The molecule has 0 unspecified atom stereocenters. The van der Waals surface area contributed by atoms with Crippen LogP contribution in [0.2, 0.25) is 0 Å². The molecule has 2 heterocycles. The second-order valence-electron chi connectivity index (χ2n) is 3.80. The van der Waals surface area contributed by atoms with Crippen molar-refractivity contribution in [3.63, 3.8) is 0 Å². The zero-order chi connectivity index (χ0) is 13.2. The molecular weight excluding hydrogens is 272 g/mol. The molecule has 0 bridgehead atoms. The second-order valence-corrected chi connectivity index (χ2v) is 6.65. The molecule has 0 amide bonds. The minimum absolute atomic E-state index is 0.122. The van der Waals surface area contributed by atoms with Crippen LogP contribution in [-0.2, 0) is 16.4 Å². The van der Waals surface area contributed by atoms with Crippen LogP contribution in [0.1, 0.15) is 11.8 Å². The van der Waals surface area contributed by atoms with Crippen LogP contribution >= 0.6 is 11.3 Å². The fourth-order valence-corrected chi connectivity index (χ4v) is 2.85. The minimum atomic E-state index is -3.45. The molecule has 0 saturated carbocycles. The van der Waals surface area contributed by atoms with Gasteiger partial charge in [-0.1, -0.05) is 6.92 Å². The Morgan fingerprint density at radius 3 is 2.89 bits per heavy atom.